The van der Waals surface area contributed by atoms with E-state index in [4.69, 9.17) is 5.73 Å². The number of anilines is 1. The fraction of sp³-hybridized carbons (Fsp3) is 0.188. The number of benzene rings is 1. The number of nitrogens with two attached hydrogens (primary N) is 1. The first-order valence-electron chi connectivity index (χ1n) is 6.99. The lowest BCUT2D eigenvalue weighted by Gasteiger charge is -2.26. The molecule has 1 aromatic carbocycles. The van der Waals surface area contributed by atoms with E-state index in [1.807, 2.05) is 18.2 Å². The van der Waals surface area contributed by atoms with Crippen molar-refractivity contribution in [2.24, 2.45) is 0 Å². The van der Waals surface area contributed by atoms with Gasteiger partial charge in [0.25, 0.3) is 5.91 Å². The van der Waals surface area contributed by atoms with Crippen molar-refractivity contribution < 1.29 is 9.90 Å². The predicted molar refractivity (Wildman–Crippen MR) is 83.0 cm³/mol. The Balaban J connectivity index is 1.74. The third-order valence-corrected chi connectivity index (χ3v) is 3.66. The van der Waals surface area contributed by atoms with Crippen molar-refractivity contribution in [3.05, 3.63) is 54.0 Å². The second-order valence-corrected chi connectivity index (χ2v) is 5.07. The van der Waals surface area contributed by atoms with E-state index in [1.165, 1.54) is 12.4 Å². The van der Waals surface area contributed by atoms with Crippen LogP contribution in [0.2, 0.25) is 0 Å². The van der Waals surface area contributed by atoms with Crippen molar-refractivity contribution in [3.8, 4) is 5.75 Å². The Morgan fingerprint density at radius 1 is 1.18 bits per heavy atom. The van der Waals surface area contributed by atoms with Crippen LogP contribution in [0.15, 0.2) is 42.7 Å². The summed E-state index contributed by atoms with van der Waals surface area (Å²) in [6, 6.07) is 7.07. The summed E-state index contributed by atoms with van der Waals surface area (Å²) in [5.74, 6) is 0.197. The van der Waals surface area contributed by atoms with Gasteiger partial charge in [0.15, 0.2) is 11.5 Å². The lowest BCUT2D eigenvalue weighted by atomic mass is 9.99. The molecule has 0 radical (unpaired) electrons. The van der Waals surface area contributed by atoms with Crippen LogP contribution in [0.1, 0.15) is 22.5 Å². The molecule has 2 aromatic rings. The zero-order valence-corrected chi connectivity index (χ0v) is 11.9. The van der Waals surface area contributed by atoms with Gasteiger partial charge in [0, 0.05) is 25.5 Å². The molecule has 0 saturated heterocycles. The molecule has 6 heteroatoms. The van der Waals surface area contributed by atoms with Crippen LogP contribution in [0.3, 0.4) is 0 Å². The molecule has 1 aliphatic heterocycles. The summed E-state index contributed by atoms with van der Waals surface area (Å²) in [5, 5.41) is 9.32. The Morgan fingerprint density at radius 3 is 2.55 bits per heavy atom. The fourth-order valence-corrected chi connectivity index (χ4v) is 2.45. The van der Waals surface area contributed by atoms with Crippen molar-refractivity contribution in [2.75, 3.05) is 18.8 Å². The number of aromatic nitrogens is 2. The topological polar surface area (TPSA) is 92.3 Å². The molecule has 2 heterocycles. The summed E-state index contributed by atoms with van der Waals surface area (Å²) in [5.41, 5.74) is 8.12. The number of carbonyl (C=O) groups excluding carboxylic acids is 1. The summed E-state index contributed by atoms with van der Waals surface area (Å²) in [6.07, 6.45) is 5.69. The number of hydrogen-bond donors (Lipinski definition) is 2. The number of nitrogen functional groups attached to an aromatic ring is 1. The molecule has 6 nitrogen and oxygen atoms in total. The molecule has 0 saturated carbocycles. The SMILES string of the molecule is Nc1nccnc1C(=O)N1CC=C(c2ccc(O)cc2)CC1. The van der Waals surface area contributed by atoms with E-state index in [-0.39, 0.29) is 23.2 Å². The van der Waals surface area contributed by atoms with Gasteiger partial charge in [-0.1, -0.05) is 18.2 Å². The second-order valence-electron chi connectivity index (χ2n) is 5.07. The van der Waals surface area contributed by atoms with E-state index in [0.717, 1.165) is 17.6 Å². The Labute approximate surface area is 127 Å². The number of phenolic OH excluding ortho intramolecular Hbond substituents is 1. The van der Waals surface area contributed by atoms with E-state index in [0.29, 0.717) is 13.1 Å². The van der Waals surface area contributed by atoms with Crippen LogP contribution in [0.4, 0.5) is 5.82 Å². The lowest BCUT2D eigenvalue weighted by molar-refractivity contribution is 0.0768. The van der Waals surface area contributed by atoms with Gasteiger partial charge in [-0.15, -0.1) is 0 Å². The van der Waals surface area contributed by atoms with Gasteiger partial charge in [0.05, 0.1) is 0 Å². The van der Waals surface area contributed by atoms with Gasteiger partial charge in [-0.25, -0.2) is 9.97 Å². The molecule has 1 aromatic heterocycles. The highest BCUT2D eigenvalue weighted by Crippen LogP contribution is 2.24. The quantitative estimate of drug-likeness (QED) is 0.880. The highest BCUT2D eigenvalue weighted by Gasteiger charge is 2.22. The smallest absolute Gasteiger partial charge is 0.276 e. The van der Waals surface area contributed by atoms with Crippen LogP contribution >= 0.6 is 0 Å². The van der Waals surface area contributed by atoms with Crippen molar-refractivity contribution in [1.82, 2.24) is 14.9 Å². The van der Waals surface area contributed by atoms with E-state index in [1.54, 1.807) is 17.0 Å². The van der Waals surface area contributed by atoms with Crippen molar-refractivity contribution in [3.63, 3.8) is 0 Å². The molecular weight excluding hydrogens is 280 g/mol. The third-order valence-electron chi connectivity index (χ3n) is 3.66. The summed E-state index contributed by atoms with van der Waals surface area (Å²) in [6.45, 7) is 1.10. The van der Waals surface area contributed by atoms with Gasteiger partial charge >= 0.3 is 0 Å². The third kappa shape index (κ3) is 2.76. The molecule has 22 heavy (non-hydrogen) atoms. The molecule has 0 bridgehead atoms. The van der Waals surface area contributed by atoms with Crippen LogP contribution in [-0.4, -0.2) is 39.0 Å². The average molecular weight is 296 g/mol. The molecular formula is C16H16N4O2. The molecule has 0 aliphatic carbocycles. The van der Waals surface area contributed by atoms with Gasteiger partial charge in [-0.05, 0) is 29.7 Å². The van der Waals surface area contributed by atoms with Crippen LogP contribution in [0.25, 0.3) is 5.57 Å². The minimum Gasteiger partial charge on any atom is -0.508 e. The molecule has 0 atom stereocenters. The zero-order valence-electron chi connectivity index (χ0n) is 11.9. The van der Waals surface area contributed by atoms with Crippen LogP contribution in [0, 0.1) is 0 Å². The Morgan fingerprint density at radius 2 is 1.91 bits per heavy atom. The summed E-state index contributed by atoms with van der Waals surface area (Å²) >= 11 is 0. The van der Waals surface area contributed by atoms with Gasteiger partial charge in [-0.3, -0.25) is 4.79 Å². The van der Waals surface area contributed by atoms with E-state index in [2.05, 4.69) is 9.97 Å². The zero-order chi connectivity index (χ0) is 15.5. The van der Waals surface area contributed by atoms with Gasteiger partial charge in [-0.2, -0.15) is 0 Å². The summed E-state index contributed by atoms with van der Waals surface area (Å²) in [4.78, 5) is 22.0. The fourth-order valence-electron chi connectivity index (χ4n) is 2.45. The maximum Gasteiger partial charge on any atom is 0.276 e. The largest absolute Gasteiger partial charge is 0.508 e. The van der Waals surface area contributed by atoms with E-state index in [9.17, 15) is 9.90 Å². The van der Waals surface area contributed by atoms with Gasteiger partial charge in [0.1, 0.15) is 5.75 Å². The molecule has 1 amide bonds. The molecule has 112 valence electrons. The lowest BCUT2D eigenvalue weighted by Crippen LogP contribution is -2.35. The minimum atomic E-state index is -0.202. The minimum absolute atomic E-state index is 0.154. The monoisotopic (exact) mass is 296 g/mol. The number of rotatable bonds is 2. The van der Waals surface area contributed by atoms with E-state index >= 15 is 0 Å². The maximum absolute atomic E-state index is 12.4. The van der Waals surface area contributed by atoms with Crippen molar-refractivity contribution >= 4 is 17.3 Å². The number of aromatic hydroxyl groups is 1. The predicted octanol–water partition coefficient (Wildman–Crippen LogP) is 1.69. The average Bonchev–Trinajstić information content (AvgIpc) is 2.56. The molecule has 0 unspecified atom stereocenters. The number of hydrogen-bond acceptors (Lipinski definition) is 5. The first-order valence-corrected chi connectivity index (χ1v) is 6.99. The van der Waals surface area contributed by atoms with E-state index < -0.39 is 0 Å². The Hall–Kier alpha value is -2.89. The summed E-state index contributed by atoms with van der Waals surface area (Å²) < 4.78 is 0. The first kappa shape index (κ1) is 14.1. The molecule has 0 spiro atoms. The highest BCUT2D eigenvalue weighted by molar-refractivity contribution is 5.96. The summed E-state index contributed by atoms with van der Waals surface area (Å²) in [7, 11) is 0. The molecule has 1 aliphatic rings. The van der Waals surface area contributed by atoms with Crippen LogP contribution in [-0.2, 0) is 0 Å². The number of phenols is 1. The Bertz CT molecular complexity index is 725. The second kappa shape index (κ2) is 5.85. The van der Waals surface area contributed by atoms with Gasteiger partial charge in [0.2, 0.25) is 0 Å². The van der Waals surface area contributed by atoms with Crippen LogP contribution in [0.5, 0.6) is 5.75 Å². The first-order chi connectivity index (χ1) is 10.6. The molecule has 0 fully saturated rings. The number of amides is 1. The highest BCUT2D eigenvalue weighted by atomic mass is 16.3. The van der Waals surface area contributed by atoms with Crippen molar-refractivity contribution in [1.29, 1.82) is 0 Å². The standard InChI is InChI=1S/C16H16N4O2/c17-15-14(18-7-8-19-15)16(22)20-9-5-12(6-10-20)11-1-3-13(21)4-2-11/h1-5,7-8,21H,6,9-10H2,(H2,17,19). The molecule has 3 N–H and O–H groups in total. The van der Waals surface area contributed by atoms with Gasteiger partial charge < -0.3 is 15.7 Å². The Kier molecular flexibility index (Phi) is 3.74. The maximum atomic E-state index is 12.4. The number of carbonyl (C=O) groups is 1. The number of nitrogens with zero attached hydrogens (tertiary/aromatic N) is 3. The van der Waals surface area contributed by atoms with Crippen molar-refractivity contribution in [2.45, 2.75) is 6.42 Å². The van der Waals surface area contributed by atoms with Crippen LogP contribution < -0.4 is 5.73 Å². The molecule has 3 rings (SSSR count). The normalized spacial score (nSPS) is 14.5.